The molecule has 1 fully saturated rings. The fourth-order valence-corrected chi connectivity index (χ4v) is 3.80. The number of carbonyl (C=O) groups is 4. The number of rotatable bonds is 6. The number of aliphatic carboxylic acids is 3. The molecule has 4 rings (SSSR count). The molecule has 0 spiro atoms. The Morgan fingerprint density at radius 2 is 1.08 bits per heavy atom. The third-order valence-electron chi connectivity index (χ3n) is 6.13. The van der Waals surface area contributed by atoms with E-state index < -0.39 is 36.4 Å². The number of nitrogens with one attached hydrogen (secondary N) is 2. The maximum Gasteiger partial charge on any atom is 0.490 e. The van der Waals surface area contributed by atoms with Crippen molar-refractivity contribution in [3.05, 3.63) is 89.5 Å². The molecule has 0 atom stereocenters. The highest BCUT2D eigenvalue weighted by Crippen LogP contribution is 2.23. The van der Waals surface area contributed by atoms with Gasteiger partial charge >= 0.3 is 36.4 Å². The number of nitrogens with two attached hydrogens (primary N) is 1. The van der Waals surface area contributed by atoms with Crippen molar-refractivity contribution < 1.29 is 74.0 Å². The lowest BCUT2D eigenvalue weighted by atomic mass is 10.0. The van der Waals surface area contributed by atoms with Crippen LogP contribution in [0.3, 0.4) is 0 Å². The van der Waals surface area contributed by atoms with Crippen LogP contribution in [0.15, 0.2) is 72.8 Å². The maximum absolute atomic E-state index is 12.4. The molecular weight excluding hydrogens is 711 g/mol. The van der Waals surface area contributed by atoms with Crippen molar-refractivity contribution in [2.75, 3.05) is 31.9 Å². The van der Waals surface area contributed by atoms with Gasteiger partial charge in [-0.25, -0.2) is 14.4 Å². The number of nitrogens with zero attached hydrogens (tertiary/aromatic N) is 1. The van der Waals surface area contributed by atoms with E-state index >= 15 is 0 Å². The van der Waals surface area contributed by atoms with Crippen LogP contribution in [-0.2, 0) is 27.5 Å². The Kier molecular flexibility index (Phi) is 16.9. The average molecular weight is 743 g/mol. The second-order valence-corrected chi connectivity index (χ2v) is 10.1. The average Bonchev–Trinajstić information content (AvgIpc) is 3.04. The van der Waals surface area contributed by atoms with Crippen molar-refractivity contribution in [3.63, 3.8) is 0 Å². The first-order valence-corrected chi connectivity index (χ1v) is 14.2. The molecule has 11 nitrogen and oxygen atoms in total. The lowest BCUT2D eigenvalue weighted by Gasteiger charge is -2.27. The van der Waals surface area contributed by atoms with Crippen LogP contribution in [0.25, 0.3) is 11.1 Å². The predicted molar refractivity (Wildman–Crippen MR) is 163 cm³/mol. The number of amides is 1. The number of benzene rings is 3. The monoisotopic (exact) mass is 742 g/mol. The molecule has 51 heavy (non-hydrogen) atoms. The summed E-state index contributed by atoms with van der Waals surface area (Å²) in [6, 6.07) is 24.1. The maximum atomic E-state index is 12.4. The number of alkyl halides is 9. The molecule has 0 saturated carbocycles. The van der Waals surface area contributed by atoms with Gasteiger partial charge in [0.2, 0.25) is 0 Å². The summed E-state index contributed by atoms with van der Waals surface area (Å²) in [7, 11) is 0. The first kappa shape index (κ1) is 43.7. The first-order valence-electron chi connectivity index (χ1n) is 14.2. The standard InChI is InChI=1S/C25H28N4O.3C2HF3O2/c26-24-9-3-8-23(16-24)25(30)28-17-19-4-1-6-21(14-19)22-7-2-5-20(15-22)18-29-12-10-27-11-13-29;3*3-2(4,5)1(6)7/h1-9,14-16,27H,10-13,17-18,26H2,(H,28,30);3*(H,6,7). The Morgan fingerprint density at radius 3 is 1.51 bits per heavy atom. The smallest absolute Gasteiger partial charge is 0.475 e. The van der Waals surface area contributed by atoms with Gasteiger partial charge in [-0.2, -0.15) is 39.5 Å². The van der Waals surface area contributed by atoms with Crippen molar-refractivity contribution in [1.82, 2.24) is 15.5 Å². The van der Waals surface area contributed by atoms with E-state index in [0.29, 0.717) is 17.8 Å². The molecule has 280 valence electrons. The normalized spacial score (nSPS) is 13.1. The molecule has 0 unspecified atom stereocenters. The van der Waals surface area contributed by atoms with Crippen LogP contribution in [0.2, 0.25) is 0 Å². The number of carboxylic acids is 3. The minimum Gasteiger partial charge on any atom is -0.475 e. The quantitative estimate of drug-likeness (QED) is 0.146. The minimum atomic E-state index is -5.08. The van der Waals surface area contributed by atoms with Gasteiger partial charge in [0.1, 0.15) is 0 Å². The fourth-order valence-electron chi connectivity index (χ4n) is 3.80. The molecule has 20 heteroatoms. The van der Waals surface area contributed by atoms with E-state index in [1.807, 2.05) is 12.1 Å². The summed E-state index contributed by atoms with van der Waals surface area (Å²) in [5.74, 6) is -8.39. The van der Waals surface area contributed by atoms with Gasteiger partial charge in [-0.3, -0.25) is 9.69 Å². The van der Waals surface area contributed by atoms with E-state index in [1.165, 1.54) is 11.1 Å². The molecule has 1 heterocycles. The highest BCUT2D eigenvalue weighted by atomic mass is 19.4. The predicted octanol–water partition coefficient (Wildman–Crippen LogP) is 5.17. The Balaban J connectivity index is 0.000000505. The van der Waals surface area contributed by atoms with Gasteiger partial charge in [0.05, 0.1) is 0 Å². The fraction of sp³-hybridized carbons (Fsp3) is 0.290. The summed E-state index contributed by atoms with van der Waals surface area (Å²) in [4.78, 5) is 41.6. The highest BCUT2D eigenvalue weighted by molar-refractivity contribution is 5.95. The zero-order chi connectivity index (χ0) is 39.0. The molecule has 3 aromatic carbocycles. The van der Waals surface area contributed by atoms with E-state index in [9.17, 15) is 44.3 Å². The summed E-state index contributed by atoms with van der Waals surface area (Å²) in [5.41, 5.74) is 11.7. The van der Waals surface area contributed by atoms with Crippen LogP contribution >= 0.6 is 0 Å². The minimum absolute atomic E-state index is 0.120. The first-order chi connectivity index (χ1) is 23.5. The zero-order valence-electron chi connectivity index (χ0n) is 26.1. The van der Waals surface area contributed by atoms with Crippen LogP contribution in [0.5, 0.6) is 0 Å². The topological polar surface area (TPSA) is 182 Å². The van der Waals surface area contributed by atoms with Gasteiger partial charge < -0.3 is 31.7 Å². The van der Waals surface area contributed by atoms with E-state index in [-0.39, 0.29) is 5.91 Å². The number of nitrogen functional groups attached to an aromatic ring is 1. The van der Waals surface area contributed by atoms with Crippen LogP contribution in [0.1, 0.15) is 21.5 Å². The van der Waals surface area contributed by atoms with Crippen molar-refractivity contribution in [3.8, 4) is 11.1 Å². The number of carboxylic acid groups (broad SMARTS) is 3. The molecule has 3 aromatic rings. The third-order valence-corrected chi connectivity index (χ3v) is 6.13. The molecule has 7 N–H and O–H groups in total. The third kappa shape index (κ3) is 17.7. The summed E-state index contributed by atoms with van der Waals surface area (Å²) in [6.07, 6.45) is -15.3. The Bertz CT molecular complexity index is 1550. The SMILES string of the molecule is Nc1cccc(C(=O)NCc2cccc(-c3cccc(CN4CCNCC4)c3)c2)c1.O=C(O)C(F)(F)F.O=C(O)C(F)(F)F.O=C(O)C(F)(F)F. The van der Waals surface area contributed by atoms with Gasteiger partial charge in [0, 0.05) is 50.5 Å². The molecule has 0 aliphatic carbocycles. The summed E-state index contributed by atoms with van der Waals surface area (Å²) in [6.45, 7) is 5.75. The second kappa shape index (κ2) is 19.7. The Hall–Kier alpha value is -5.37. The zero-order valence-corrected chi connectivity index (χ0v) is 26.1. The van der Waals surface area contributed by atoms with Crippen molar-refractivity contribution in [2.24, 2.45) is 0 Å². The summed E-state index contributed by atoms with van der Waals surface area (Å²) < 4.78 is 95.2. The number of carbonyl (C=O) groups excluding carboxylic acids is 1. The number of anilines is 1. The number of halogens is 9. The van der Waals surface area contributed by atoms with Crippen molar-refractivity contribution >= 4 is 29.5 Å². The molecule has 1 saturated heterocycles. The highest BCUT2D eigenvalue weighted by Gasteiger charge is 2.39. The van der Waals surface area contributed by atoms with Crippen LogP contribution in [0, 0.1) is 0 Å². The van der Waals surface area contributed by atoms with Gasteiger partial charge in [-0.05, 0) is 52.6 Å². The van der Waals surface area contributed by atoms with Crippen LogP contribution < -0.4 is 16.4 Å². The van der Waals surface area contributed by atoms with Gasteiger partial charge in [-0.15, -0.1) is 0 Å². The number of hydrogen-bond acceptors (Lipinski definition) is 7. The molecule has 0 radical (unpaired) electrons. The van der Waals surface area contributed by atoms with E-state index in [0.717, 1.165) is 43.9 Å². The summed E-state index contributed by atoms with van der Waals surface area (Å²) >= 11 is 0. The molecule has 0 aromatic heterocycles. The summed E-state index contributed by atoms with van der Waals surface area (Å²) in [5, 5.41) is 27.8. The largest absolute Gasteiger partial charge is 0.490 e. The van der Waals surface area contributed by atoms with E-state index in [4.69, 9.17) is 35.4 Å². The van der Waals surface area contributed by atoms with E-state index in [2.05, 4.69) is 51.9 Å². The Labute approximate surface area is 283 Å². The molecule has 0 bridgehead atoms. The lowest BCUT2D eigenvalue weighted by molar-refractivity contribution is -0.193. The second-order valence-electron chi connectivity index (χ2n) is 10.1. The van der Waals surface area contributed by atoms with Crippen molar-refractivity contribution in [2.45, 2.75) is 31.6 Å². The van der Waals surface area contributed by atoms with Crippen LogP contribution in [-0.4, -0.2) is 88.7 Å². The number of hydrogen-bond donors (Lipinski definition) is 6. The van der Waals surface area contributed by atoms with Gasteiger partial charge in [-0.1, -0.05) is 42.5 Å². The van der Waals surface area contributed by atoms with Gasteiger partial charge in [0.25, 0.3) is 5.91 Å². The van der Waals surface area contributed by atoms with Crippen LogP contribution in [0.4, 0.5) is 45.2 Å². The molecule has 1 aliphatic rings. The van der Waals surface area contributed by atoms with Gasteiger partial charge in [0.15, 0.2) is 0 Å². The molecule has 1 aliphatic heterocycles. The lowest BCUT2D eigenvalue weighted by Crippen LogP contribution is -2.42. The Morgan fingerprint density at radius 1 is 0.667 bits per heavy atom. The molecule has 1 amide bonds. The number of piperazine rings is 1. The van der Waals surface area contributed by atoms with E-state index in [1.54, 1.807) is 24.3 Å². The molecular formula is C31H31F9N4O7. The van der Waals surface area contributed by atoms with Crippen molar-refractivity contribution in [1.29, 1.82) is 0 Å².